The van der Waals surface area contributed by atoms with Gasteiger partial charge in [-0.25, -0.2) is 9.07 Å². The molecule has 1 atom stereocenters. The fourth-order valence-electron chi connectivity index (χ4n) is 2.31. The van der Waals surface area contributed by atoms with Crippen molar-refractivity contribution in [3.05, 3.63) is 46.5 Å². The Balaban J connectivity index is 2.31. The Morgan fingerprint density at radius 1 is 1.41 bits per heavy atom. The predicted molar refractivity (Wildman–Crippen MR) is 85.1 cm³/mol. The molecule has 1 heterocycles. The van der Waals surface area contributed by atoms with Gasteiger partial charge in [0.05, 0.1) is 16.9 Å². The van der Waals surface area contributed by atoms with Crippen LogP contribution in [0.4, 0.5) is 4.39 Å². The van der Waals surface area contributed by atoms with Crippen LogP contribution in [0.1, 0.15) is 42.7 Å². The zero-order valence-electron chi connectivity index (χ0n) is 12.9. The number of nitrogens with zero attached hydrogens (tertiary/aromatic N) is 2. The van der Waals surface area contributed by atoms with Crippen molar-refractivity contribution in [3.63, 3.8) is 0 Å². The molecule has 0 saturated carbocycles. The summed E-state index contributed by atoms with van der Waals surface area (Å²) in [6, 6.07) is 5.85. The molecule has 118 valence electrons. The molecule has 0 spiro atoms. The number of aryl methyl sites for hydroxylation is 1. The third-order valence-electron chi connectivity index (χ3n) is 3.40. The van der Waals surface area contributed by atoms with Crippen LogP contribution in [0.5, 0.6) is 0 Å². The van der Waals surface area contributed by atoms with Crippen LogP contribution in [0.2, 0.25) is 5.15 Å². The van der Waals surface area contributed by atoms with Crippen molar-refractivity contribution < 1.29 is 9.18 Å². The molecule has 1 aromatic carbocycles. The van der Waals surface area contributed by atoms with Crippen LogP contribution >= 0.6 is 11.6 Å². The summed E-state index contributed by atoms with van der Waals surface area (Å²) in [4.78, 5) is 12.4. The van der Waals surface area contributed by atoms with Crippen molar-refractivity contribution >= 4 is 17.5 Å². The first kappa shape index (κ1) is 16.5. The molecule has 4 nitrogen and oxygen atoms in total. The lowest BCUT2D eigenvalue weighted by atomic mass is 10.1. The quantitative estimate of drug-likeness (QED) is 0.907. The van der Waals surface area contributed by atoms with Crippen LogP contribution in [0.15, 0.2) is 24.3 Å². The standard InChI is InChI=1S/C16H19ClFN3O/c1-4-5-10(2)19-16(22)14-11(3)20-21(15(14)17)13-8-6-12(18)7-9-13/h6-10H,4-5H2,1-3H3,(H,19,22). The monoisotopic (exact) mass is 323 g/mol. The Hall–Kier alpha value is -1.88. The average Bonchev–Trinajstić information content (AvgIpc) is 2.75. The maximum absolute atomic E-state index is 13.0. The number of carbonyl (C=O) groups is 1. The highest BCUT2D eigenvalue weighted by molar-refractivity contribution is 6.33. The highest BCUT2D eigenvalue weighted by atomic mass is 35.5. The van der Waals surface area contributed by atoms with Gasteiger partial charge in [0.2, 0.25) is 0 Å². The van der Waals surface area contributed by atoms with Gasteiger partial charge in [-0.3, -0.25) is 4.79 Å². The first-order valence-electron chi connectivity index (χ1n) is 7.26. The van der Waals surface area contributed by atoms with Gasteiger partial charge in [0.25, 0.3) is 5.91 Å². The molecular weight excluding hydrogens is 305 g/mol. The number of benzene rings is 1. The van der Waals surface area contributed by atoms with Crippen LogP contribution in [-0.2, 0) is 0 Å². The number of rotatable bonds is 5. The third kappa shape index (κ3) is 3.47. The summed E-state index contributed by atoms with van der Waals surface area (Å²) >= 11 is 6.31. The van der Waals surface area contributed by atoms with Gasteiger partial charge >= 0.3 is 0 Å². The molecule has 0 aliphatic heterocycles. The lowest BCUT2D eigenvalue weighted by Gasteiger charge is -2.12. The molecule has 0 fully saturated rings. The second-order valence-corrected chi connectivity index (χ2v) is 5.66. The normalized spacial score (nSPS) is 12.2. The molecule has 2 aromatic rings. The Morgan fingerprint density at radius 3 is 2.64 bits per heavy atom. The lowest BCUT2D eigenvalue weighted by molar-refractivity contribution is 0.0938. The summed E-state index contributed by atoms with van der Waals surface area (Å²) in [5.41, 5.74) is 1.50. The molecule has 0 radical (unpaired) electrons. The van der Waals surface area contributed by atoms with E-state index in [-0.39, 0.29) is 22.9 Å². The van der Waals surface area contributed by atoms with Gasteiger partial charge < -0.3 is 5.32 Å². The number of nitrogens with one attached hydrogen (secondary N) is 1. The van der Waals surface area contributed by atoms with Crippen LogP contribution in [0.25, 0.3) is 5.69 Å². The van der Waals surface area contributed by atoms with Crippen LogP contribution in [0, 0.1) is 12.7 Å². The van der Waals surface area contributed by atoms with Gasteiger partial charge in [0.15, 0.2) is 0 Å². The van der Waals surface area contributed by atoms with E-state index >= 15 is 0 Å². The van der Waals surface area contributed by atoms with Gasteiger partial charge in [0, 0.05) is 6.04 Å². The summed E-state index contributed by atoms with van der Waals surface area (Å²) in [6.07, 6.45) is 1.89. The van der Waals surface area contributed by atoms with E-state index in [0.29, 0.717) is 16.9 Å². The third-order valence-corrected chi connectivity index (χ3v) is 3.75. The maximum Gasteiger partial charge on any atom is 0.256 e. The number of aromatic nitrogens is 2. The van der Waals surface area contributed by atoms with Crippen LogP contribution in [0.3, 0.4) is 0 Å². The molecule has 1 aromatic heterocycles. The zero-order valence-corrected chi connectivity index (χ0v) is 13.6. The van der Waals surface area contributed by atoms with Gasteiger partial charge in [-0.05, 0) is 44.5 Å². The van der Waals surface area contributed by atoms with Crippen molar-refractivity contribution in [2.24, 2.45) is 0 Å². The first-order chi connectivity index (χ1) is 10.4. The predicted octanol–water partition coefficient (Wildman–Crippen LogP) is 3.89. The summed E-state index contributed by atoms with van der Waals surface area (Å²) in [5.74, 6) is -0.577. The van der Waals surface area contributed by atoms with Crippen molar-refractivity contribution in [1.82, 2.24) is 15.1 Å². The minimum absolute atomic E-state index is 0.0714. The highest BCUT2D eigenvalue weighted by Gasteiger charge is 2.22. The number of carbonyl (C=O) groups excluding carboxylic acids is 1. The minimum atomic E-state index is -0.338. The van der Waals surface area contributed by atoms with E-state index in [4.69, 9.17) is 11.6 Å². The fourth-order valence-corrected chi connectivity index (χ4v) is 2.67. The zero-order chi connectivity index (χ0) is 16.3. The Kier molecular flexibility index (Phi) is 5.19. The van der Waals surface area contributed by atoms with Crippen molar-refractivity contribution in [2.75, 3.05) is 0 Å². The molecule has 0 bridgehead atoms. The van der Waals surface area contributed by atoms with Gasteiger partial charge in [0.1, 0.15) is 11.0 Å². The van der Waals surface area contributed by atoms with E-state index in [0.717, 1.165) is 12.8 Å². The molecular formula is C16H19ClFN3O. The number of hydrogen-bond acceptors (Lipinski definition) is 2. The molecule has 2 rings (SSSR count). The van der Waals surface area contributed by atoms with Gasteiger partial charge in [-0.2, -0.15) is 5.10 Å². The average molecular weight is 324 g/mol. The molecule has 0 aliphatic carbocycles. The summed E-state index contributed by atoms with van der Waals surface area (Å²) in [7, 11) is 0. The van der Waals surface area contributed by atoms with Crippen LogP contribution < -0.4 is 5.32 Å². The first-order valence-corrected chi connectivity index (χ1v) is 7.63. The number of amides is 1. The van der Waals surface area contributed by atoms with E-state index in [9.17, 15) is 9.18 Å². The molecule has 1 amide bonds. The molecule has 1 N–H and O–H groups in total. The van der Waals surface area contributed by atoms with E-state index < -0.39 is 0 Å². The number of hydrogen-bond donors (Lipinski definition) is 1. The van der Waals surface area contributed by atoms with E-state index in [1.165, 1.54) is 16.8 Å². The minimum Gasteiger partial charge on any atom is -0.349 e. The Morgan fingerprint density at radius 2 is 2.05 bits per heavy atom. The molecule has 6 heteroatoms. The largest absolute Gasteiger partial charge is 0.349 e. The van der Waals surface area contributed by atoms with Crippen molar-refractivity contribution in [1.29, 1.82) is 0 Å². The molecule has 22 heavy (non-hydrogen) atoms. The van der Waals surface area contributed by atoms with Crippen molar-refractivity contribution in [3.8, 4) is 5.69 Å². The summed E-state index contributed by atoms with van der Waals surface area (Å²) < 4.78 is 14.4. The van der Waals surface area contributed by atoms with E-state index in [1.807, 2.05) is 6.92 Å². The SMILES string of the molecule is CCCC(C)NC(=O)c1c(C)nn(-c2ccc(F)cc2)c1Cl. The second-order valence-electron chi connectivity index (χ2n) is 5.30. The lowest BCUT2D eigenvalue weighted by Crippen LogP contribution is -2.32. The molecule has 0 saturated heterocycles. The van der Waals surface area contributed by atoms with Crippen molar-refractivity contribution in [2.45, 2.75) is 39.7 Å². The van der Waals surface area contributed by atoms with E-state index in [2.05, 4.69) is 17.3 Å². The molecule has 0 aliphatic rings. The number of halogens is 2. The maximum atomic E-state index is 13.0. The second kappa shape index (κ2) is 6.92. The molecule has 1 unspecified atom stereocenters. The Labute approximate surface area is 134 Å². The van der Waals surface area contributed by atoms with Crippen LogP contribution in [-0.4, -0.2) is 21.7 Å². The van der Waals surface area contributed by atoms with Gasteiger partial charge in [-0.15, -0.1) is 0 Å². The topological polar surface area (TPSA) is 46.9 Å². The highest BCUT2D eigenvalue weighted by Crippen LogP contribution is 2.23. The van der Waals surface area contributed by atoms with Gasteiger partial charge in [-0.1, -0.05) is 24.9 Å². The van der Waals surface area contributed by atoms with E-state index in [1.54, 1.807) is 19.1 Å². The smallest absolute Gasteiger partial charge is 0.256 e. The fraction of sp³-hybridized carbons (Fsp3) is 0.375. The summed E-state index contributed by atoms with van der Waals surface area (Å²) in [5, 5.41) is 7.43. The Bertz CT molecular complexity index is 667. The summed E-state index contributed by atoms with van der Waals surface area (Å²) in [6.45, 7) is 5.74.